The number of rotatable bonds is 22. The van der Waals surface area contributed by atoms with Crippen molar-refractivity contribution < 1.29 is 56.6 Å². The van der Waals surface area contributed by atoms with Gasteiger partial charge in [-0.05, 0) is 39.5 Å². The highest BCUT2D eigenvalue weighted by atomic mass is 31.2. The Balaban J connectivity index is 3.64. The van der Waals surface area contributed by atoms with Crippen LogP contribution in [0.25, 0.3) is 0 Å². The first-order chi connectivity index (χ1) is 17.4. The monoisotopic (exact) mass is 550 g/mol. The fraction of sp³-hybridized carbons (Fsp3) is 0.667. The molecule has 0 aliphatic heterocycles. The van der Waals surface area contributed by atoms with Crippen molar-refractivity contribution in [1.29, 1.82) is 0 Å². The fourth-order valence-corrected chi connectivity index (χ4v) is 3.26. The molecule has 0 fully saturated rings. The van der Waals surface area contributed by atoms with Crippen molar-refractivity contribution in [3.05, 3.63) is 24.3 Å². The van der Waals surface area contributed by atoms with Crippen molar-refractivity contribution in [3.63, 3.8) is 0 Å². The first-order valence-electron chi connectivity index (χ1n) is 12.0. The van der Waals surface area contributed by atoms with Gasteiger partial charge in [0.25, 0.3) is 0 Å². The van der Waals surface area contributed by atoms with E-state index in [-0.39, 0.29) is 63.6 Å². The molecule has 0 atom stereocenters. The van der Waals surface area contributed by atoms with E-state index < -0.39 is 31.7 Å². The van der Waals surface area contributed by atoms with Crippen molar-refractivity contribution in [2.75, 3.05) is 39.6 Å². The van der Waals surface area contributed by atoms with Gasteiger partial charge < -0.3 is 23.8 Å². The molecule has 0 spiro atoms. The summed E-state index contributed by atoms with van der Waals surface area (Å²) < 4.78 is 41.1. The fourth-order valence-electron chi connectivity index (χ4n) is 2.46. The Morgan fingerprint density at radius 3 is 1.30 bits per heavy atom. The van der Waals surface area contributed by atoms with Crippen LogP contribution in [0.4, 0.5) is 0 Å². The van der Waals surface area contributed by atoms with E-state index in [4.69, 9.17) is 28.0 Å². The lowest BCUT2D eigenvalue weighted by Gasteiger charge is -2.12. The van der Waals surface area contributed by atoms with Gasteiger partial charge in [-0.3, -0.25) is 18.6 Å². The average Bonchev–Trinajstić information content (AvgIpc) is 2.83. The van der Waals surface area contributed by atoms with E-state index in [9.17, 15) is 28.6 Å². The Bertz CT molecular complexity index is 746. The molecule has 13 heteroatoms. The van der Waals surface area contributed by atoms with Crippen LogP contribution in [0.5, 0.6) is 0 Å². The second kappa shape index (κ2) is 20.5. The number of phosphoric ester groups is 1. The Morgan fingerprint density at radius 1 is 0.595 bits per heavy atom. The van der Waals surface area contributed by atoms with E-state index in [1.807, 2.05) is 0 Å². The maximum atomic E-state index is 11.8. The summed E-state index contributed by atoms with van der Waals surface area (Å²) >= 11 is 0. The molecule has 0 aliphatic carbocycles. The standard InChI is InChI=1S/C24H39O12P/c1-19(2)23(27)33-17-15-31-21(25)11-7-5-9-13-35-37(29,30)36-14-10-6-8-12-22(26)32-16-18-34-24(28)20(3)4/h1,3,5-18H2,2,4H3,(H,29,30). The lowest BCUT2D eigenvalue weighted by atomic mass is 10.2. The van der Waals surface area contributed by atoms with Crippen molar-refractivity contribution in [1.82, 2.24) is 0 Å². The third-order valence-corrected chi connectivity index (χ3v) is 5.43. The van der Waals surface area contributed by atoms with E-state index >= 15 is 0 Å². The molecule has 0 aromatic carbocycles. The zero-order chi connectivity index (χ0) is 28.1. The first kappa shape index (κ1) is 34.5. The van der Waals surface area contributed by atoms with Gasteiger partial charge >= 0.3 is 31.7 Å². The van der Waals surface area contributed by atoms with E-state index in [2.05, 4.69) is 13.2 Å². The van der Waals surface area contributed by atoms with Gasteiger partial charge in [-0.2, -0.15) is 0 Å². The Hall–Kier alpha value is -2.53. The number of unbranched alkanes of at least 4 members (excludes halogenated alkanes) is 4. The quantitative estimate of drug-likeness (QED) is 0.0687. The normalized spacial score (nSPS) is 10.9. The van der Waals surface area contributed by atoms with Crippen LogP contribution in [-0.2, 0) is 51.7 Å². The van der Waals surface area contributed by atoms with Crippen molar-refractivity contribution in [2.24, 2.45) is 0 Å². The average molecular weight is 551 g/mol. The van der Waals surface area contributed by atoms with Crippen molar-refractivity contribution in [2.45, 2.75) is 65.2 Å². The smallest absolute Gasteiger partial charge is 0.462 e. The van der Waals surface area contributed by atoms with Gasteiger partial charge in [0, 0.05) is 24.0 Å². The maximum absolute atomic E-state index is 11.8. The molecule has 0 heterocycles. The van der Waals surface area contributed by atoms with Gasteiger partial charge in [0.05, 0.1) is 13.2 Å². The summed E-state index contributed by atoms with van der Waals surface area (Å²) in [5.74, 6) is -1.95. The molecule has 1 N–H and O–H groups in total. The summed E-state index contributed by atoms with van der Waals surface area (Å²) in [6.07, 6.45) is 3.39. The molecule has 37 heavy (non-hydrogen) atoms. The number of ether oxygens (including phenoxy) is 4. The number of carbonyl (C=O) groups excluding carboxylic acids is 4. The topological polar surface area (TPSA) is 161 Å². The molecule has 0 amide bonds. The predicted octanol–water partition coefficient (Wildman–Crippen LogP) is 3.57. The number of phosphoric acid groups is 1. The summed E-state index contributed by atoms with van der Waals surface area (Å²) in [6.45, 7) is 9.74. The predicted molar refractivity (Wildman–Crippen MR) is 132 cm³/mol. The highest BCUT2D eigenvalue weighted by Gasteiger charge is 2.20. The lowest BCUT2D eigenvalue weighted by molar-refractivity contribution is -0.150. The van der Waals surface area contributed by atoms with Crippen LogP contribution in [-0.4, -0.2) is 68.4 Å². The van der Waals surface area contributed by atoms with E-state index in [0.29, 0.717) is 38.5 Å². The van der Waals surface area contributed by atoms with Gasteiger partial charge in [-0.1, -0.05) is 26.0 Å². The SMILES string of the molecule is C=C(C)C(=O)OCCOC(=O)CCCCCOP(=O)(O)OCCCCCC(=O)OCCOC(=O)C(=C)C. The number of esters is 4. The van der Waals surface area contributed by atoms with Crippen LogP contribution >= 0.6 is 7.82 Å². The summed E-state index contributed by atoms with van der Waals surface area (Å²) in [5, 5.41) is 0. The summed E-state index contributed by atoms with van der Waals surface area (Å²) in [4.78, 5) is 55.2. The molecular formula is C24H39O12P. The van der Waals surface area contributed by atoms with E-state index in [0.717, 1.165) is 0 Å². The largest absolute Gasteiger partial charge is 0.472 e. The lowest BCUT2D eigenvalue weighted by Crippen LogP contribution is -2.14. The van der Waals surface area contributed by atoms with Crippen LogP contribution in [0.15, 0.2) is 24.3 Å². The van der Waals surface area contributed by atoms with Crippen molar-refractivity contribution >= 4 is 31.7 Å². The molecule has 0 bridgehead atoms. The third-order valence-electron chi connectivity index (χ3n) is 4.42. The van der Waals surface area contributed by atoms with Crippen LogP contribution < -0.4 is 0 Å². The number of hydrogen-bond donors (Lipinski definition) is 1. The minimum atomic E-state index is -4.17. The van der Waals surface area contributed by atoms with Gasteiger partial charge in [-0.15, -0.1) is 0 Å². The maximum Gasteiger partial charge on any atom is 0.472 e. The molecule has 212 valence electrons. The van der Waals surface area contributed by atoms with Crippen LogP contribution in [0, 0.1) is 0 Å². The van der Waals surface area contributed by atoms with Crippen molar-refractivity contribution in [3.8, 4) is 0 Å². The number of carbonyl (C=O) groups is 4. The summed E-state index contributed by atoms with van der Waals surface area (Å²) in [6, 6.07) is 0. The van der Waals surface area contributed by atoms with Gasteiger partial charge in [0.2, 0.25) is 0 Å². The highest BCUT2D eigenvalue weighted by Crippen LogP contribution is 2.43. The zero-order valence-electron chi connectivity index (χ0n) is 21.7. The van der Waals surface area contributed by atoms with Gasteiger partial charge in [-0.25, -0.2) is 14.2 Å². The van der Waals surface area contributed by atoms with Gasteiger partial charge in [0.15, 0.2) is 0 Å². The highest BCUT2D eigenvalue weighted by molar-refractivity contribution is 7.47. The van der Waals surface area contributed by atoms with E-state index in [1.54, 1.807) is 0 Å². The molecule has 0 rings (SSSR count). The molecule has 12 nitrogen and oxygen atoms in total. The summed E-state index contributed by atoms with van der Waals surface area (Å²) in [7, 11) is -4.17. The molecule has 0 unspecified atom stereocenters. The molecule has 0 radical (unpaired) electrons. The zero-order valence-corrected chi connectivity index (χ0v) is 22.6. The Kier molecular flexibility index (Phi) is 19.1. The molecule has 0 saturated carbocycles. The molecule has 0 saturated heterocycles. The number of hydrogen-bond acceptors (Lipinski definition) is 11. The second-order valence-corrected chi connectivity index (χ2v) is 9.48. The molecule has 0 aromatic rings. The Morgan fingerprint density at radius 2 is 0.946 bits per heavy atom. The second-order valence-electron chi connectivity index (χ2n) is 8.03. The third kappa shape index (κ3) is 21.3. The minimum Gasteiger partial charge on any atom is -0.462 e. The first-order valence-corrected chi connectivity index (χ1v) is 13.5. The van der Waals surface area contributed by atoms with Crippen LogP contribution in [0.3, 0.4) is 0 Å². The molecule has 0 aromatic heterocycles. The van der Waals surface area contributed by atoms with Crippen LogP contribution in [0.2, 0.25) is 0 Å². The minimum absolute atomic E-state index is 0.00674. The van der Waals surface area contributed by atoms with Gasteiger partial charge in [0.1, 0.15) is 26.4 Å². The summed E-state index contributed by atoms with van der Waals surface area (Å²) in [5.41, 5.74) is 0.528. The van der Waals surface area contributed by atoms with E-state index in [1.165, 1.54) is 13.8 Å². The van der Waals surface area contributed by atoms with Crippen LogP contribution in [0.1, 0.15) is 65.2 Å². The molecular weight excluding hydrogens is 511 g/mol. The molecule has 0 aliphatic rings. The Labute approximate surface area is 217 Å².